The van der Waals surface area contributed by atoms with Crippen LogP contribution in [-0.2, 0) is 6.54 Å². The van der Waals surface area contributed by atoms with E-state index in [1.807, 2.05) is 14.1 Å². The molecule has 0 saturated heterocycles. The molecule has 0 heterocycles. The van der Waals surface area contributed by atoms with E-state index < -0.39 is 4.92 Å². The van der Waals surface area contributed by atoms with Gasteiger partial charge in [-0.05, 0) is 25.7 Å². The zero-order valence-electron chi connectivity index (χ0n) is 12.2. The first kappa shape index (κ1) is 18.3. The highest BCUT2D eigenvalue weighted by atomic mass is 16.6. The molecular weight excluding hydrogens is 262 g/mol. The molecule has 0 aliphatic heterocycles. The van der Waals surface area contributed by atoms with Gasteiger partial charge in [0.1, 0.15) is 0 Å². The van der Waals surface area contributed by atoms with Gasteiger partial charge in [0.25, 0.3) is 5.69 Å². The molecule has 1 aromatic carbocycles. The first-order valence-corrected chi connectivity index (χ1v) is 6.15. The molecule has 8 nitrogen and oxygen atoms in total. The Bertz CT molecular complexity index is 412. The first-order chi connectivity index (χ1) is 9.54. The van der Waals surface area contributed by atoms with Crippen molar-refractivity contribution in [1.29, 1.82) is 0 Å². The molecule has 0 atom stereocenters. The van der Waals surface area contributed by atoms with Crippen LogP contribution in [0.4, 0.5) is 11.4 Å². The first-order valence-electron chi connectivity index (χ1n) is 6.15. The van der Waals surface area contributed by atoms with Gasteiger partial charge in [-0.3, -0.25) is 16.0 Å². The summed E-state index contributed by atoms with van der Waals surface area (Å²) < 4.78 is 0. The molecule has 20 heavy (non-hydrogen) atoms. The highest BCUT2D eigenvalue weighted by molar-refractivity contribution is 5.55. The number of quaternary nitrogens is 1. The fourth-order valence-electron chi connectivity index (χ4n) is 1.52. The van der Waals surface area contributed by atoms with E-state index in [1.54, 1.807) is 6.07 Å². The Morgan fingerprint density at radius 2 is 2.05 bits per heavy atom. The fourth-order valence-corrected chi connectivity index (χ4v) is 1.52. The van der Waals surface area contributed by atoms with Crippen LogP contribution in [0.3, 0.4) is 0 Å². The predicted molar refractivity (Wildman–Crippen MR) is 78.0 cm³/mol. The number of hydrogen-bond acceptors (Lipinski definition) is 6. The molecule has 0 aromatic heterocycles. The van der Waals surface area contributed by atoms with E-state index in [4.69, 9.17) is 5.11 Å². The third-order valence-corrected chi connectivity index (χ3v) is 2.55. The number of non-ortho nitro benzene ring substituents is 1. The summed E-state index contributed by atoms with van der Waals surface area (Å²) in [5.74, 6) is 3.56. The number of rotatable bonds is 7. The summed E-state index contributed by atoms with van der Waals surface area (Å²) in [7, 11) is 5.02. The second-order valence-corrected chi connectivity index (χ2v) is 4.26. The lowest BCUT2D eigenvalue weighted by molar-refractivity contribution is -0.385. The minimum absolute atomic E-state index is 0.0678. The van der Waals surface area contributed by atoms with Crippen molar-refractivity contribution in [3.05, 3.63) is 33.9 Å². The van der Waals surface area contributed by atoms with Crippen LogP contribution < -0.4 is 16.6 Å². The Kier molecular flexibility index (Phi) is 9.22. The Balaban J connectivity index is 0.00000172. The van der Waals surface area contributed by atoms with Crippen LogP contribution in [0.1, 0.15) is 5.56 Å². The Morgan fingerprint density at radius 3 is 2.55 bits per heavy atom. The third kappa shape index (κ3) is 6.43. The average molecular weight is 286 g/mol. The number of hydrogen-bond donors (Lipinski definition) is 4. The van der Waals surface area contributed by atoms with E-state index in [9.17, 15) is 10.1 Å². The molecule has 0 unspecified atom stereocenters. The minimum Gasteiger partial charge on any atom is -0.400 e. The molecule has 0 amide bonds. The van der Waals surface area contributed by atoms with Crippen molar-refractivity contribution in [2.75, 3.05) is 39.7 Å². The lowest BCUT2D eigenvalue weighted by atomic mass is 10.1. The number of nitrogens with one attached hydrogen (secondary N) is 2. The van der Waals surface area contributed by atoms with Crippen LogP contribution in [0.15, 0.2) is 18.2 Å². The molecule has 0 bridgehead atoms. The topological polar surface area (TPSA) is 118 Å². The van der Waals surface area contributed by atoms with Gasteiger partial charge in [-0.2, -0.15) is 0 Å². The van der Waals surface area contributed by atoms with Crippen molar-refractivity contribution < 1.29 is 15.9 Å². The number of nitro groups is 1. The highest BCUT2D eigenvalue weighted by Gasteiger charge is 2.10. The summed E-state index contributed by atoms with van der Waals surface area (Å²) in [4.78, 5) is 12.3. The number of nitro benzene ring substituents is 1. The second kappa shape index (κ2) is 10.1. The number of aliphatic hydroxyl groups excluding tert-OH is 1. The molecule has 6 N–H and O–H groups in total. The summed E-state index contributed by atoms with van der Waals surface area (Å²) in [6.07, 6.45) is 0. The molecule has 0 spiro atoms. The van der Waals surface area contributed by atoms with Crippen molar-refractivity contribution in [1.82, 2.24) is 10.2 Å². The SMILES string of the molecule is CN(C)CCNCc1ccc([N+](=O)[O-])cc1N[NH3+].CO. The van der Waals surface area contributed by atoms with Gasteiger partial charge in [0, 0.05) is 38.9 Å². The zero-order chi connectivity index (χ0) is 15.5. The molecule has 1 rings (SSSR count). The summed E-state index contributed by atoms with van der Waals surface area (Å²) in [5.41, 5.74) is 4.45. The van der Waals surface area contributed by atoms with E-state index in [2.05, 4.69) is 21.5 Å². The summed E-state index contributed by atoms with van der Waals surface area (Å²) in [6.45, 7) is 2.46. The largest absolute Gasteiger partial charge is 0.400 e. The summed E-state index contributed by atoms with van der Waals surface area (Å²) in [6, 6.07) is 4.74. The standard InChI is InChI=1S/C11H19N5O2.CH4O/c1-15(2)6-5-13-8-9-3-4-10(16(17)18)7-11(9)14-12;1-2/h3-4,7,13-14H,5-6,8,12H2,1-2H3;2H,1H3/p+1. The summed E-state index contributed by atoms with van der Waals surface area (Å²) >= 11 is 0. The number of likely N-dealkylation sites (N-methyl/N-ethyl adjacent to an activating group) is 1. The number of benzene rings is 1. The molecule has 0 saturated carbocycles. The minimum atomic E-state index is -0.413. The zero-order valence-corrected chi connectivity index (χ0v) is 12.2. The van der Waals surface area contributed by atoms with E-state index in [-0.39, 0.29) is 5.69 Å². The molecule has 0 radical (unpaired) electrons. The molecule has 114 valence electrons. The number of nitrogens with zero attached hydrogens (tertiary/aromatic N) is 2. The Labute approximate surface area is 118 Å². The van der Waals surface area contributed by atoms with Gasteiger partial charge in [-0.25, -0.2) is 5.43 Å². The van der Waals surface area contributed by atoms with E-state index in [0.29, 0.717) is 12.2 Å². The van der Waals surface area contributed by atoms with Gasteiger partial charge >= 0.3 is 0 Å². The quantitative estimate of drug-likeness (QED) is 0.303. The molecule has 0 aliphatic rings. The number of aliphatic hydroxyl groups is 1. The molecule has 0 aliphatic carbocycles. The Morgan fingerprint density at radius 1 is 1.40 bits per heavy atom. The van der Waals surface area contributed by atoms with Crippen LogP contribution in [0.25, 0.3) is 0 Å². The smallest absolute Gasteiger partial charge is 0.271 e. The predicted octanol–water partition coefficient (Wildman–Crippen LogP) is -0.577. The van der Waals surface area contributed by atoms with E-state index in [1.165, 1.54) is 12.1 Å². The van der Waals surface area contributed by atoms with Crippen molar-refractivity contribution in [2.24, 2.45) is 0 Å². The van der Waals surface area contributed by atoms with Crippen molar-refractivity contribution >= 4 is 11.4 Å². The maximum Gasteiger partial charge on any atom is 0.271 e. The van der Waals surface area contributed by atoms with Gasteiger partial charge in [-0.15, -0.1) is 0 Å². The monoisotopic (exact) mass is 286 g/mol. The van der Waals surface area contributed by atoms with Gasteiger partial charge in [0.05, 0.1) is 10.6 Å². The Hall–Kier alpha value is -1.74. The van der Waals surface area contributed by atoms with Crippen LogP contribution >= 0.6 is 0 Å². The highest BCUT2D eigenvalue weighted by Crippen LogP contribution is 2.21. The van der Waals surface area contributed by atoms with Gasteiger partial charge < -0.3 is 15.3 Å². The van der Waals surface area contributed by atoms with Crippen molar-refractivity contribution in [3.8, 4) is 0 Å². The normalized spacial score (nSPS) is 9.90. The molecule has 8 heteroatoms. The maximum atomic E-state index is 10.7. The van der Waals surface area contributed by atoms with E-state index >= 15 is 0 Å². The fraction of sp³-hybridized carbons (Fsp3) is 0.500. The average Bonchev–Trinajstić information content (AvgIpc) is 2.45. The second-order valence-electron chi connectivity index (χ2n) is 4.26. The third-order valence-electron chi connectivity index (χ3n) is 2.55. The van der Waals surface area contributed by atoms with Crippen LogP contribution in [0.2, 0.25) is 0 Å². The lowest BCUT2D eigenvalue weighted by Gasteiger charge is -2.11. The van der Waals surface area contributed by atoms with Gasteiger partial charge in [-0.1, -0.05) is 0 Å². The van der Waals surface area contributed by atoms with Crippen molar-refractivity contribution in [2.45, 2.75) is 6.54 Å². The molecular formula is C12H24N5O3+. The summed E-state index contributed by atoms with van der Waals surface area (Å²) in [5, 5.41) is 20.9. The van der Waals surface area contributed by atoms with Crippen LogP contribution in [-0.4, -0.2) is 49.2 Å². The van der Waals surface area contributed by atoms with Crippen LogP contribution in [0, 0.1) is 10.1 Å². The van der Waals surface area contributed by atoms with Crippen LogP contribution in [0.5, 0.6) is 0 Å². The lowest BCUT2D eigenvalue weighted by Crippen LogP contribution is -2.56. The maximum absolute atomic E-state index is 10.7. The van der Waals surface area contributed by atoms with Crippen molar-refractivity contribution in [3.63, 3.8) is 0 Å². The van der Waals surface area contributed by atoms with E-state index in [0.717, 1.165) is 25.8 Å². The van der Waals surface area contributed by atoms with Gasteiger partial charge in [0.15, 0.2) is 0 Å². The number of anilines is 1. The van der Waals surface area contributed by atoms with Gasteiger partial charge in [0.2, 0.25) is 0 Å². The molecule has 1 aromatic rings. The molecule has 0 fully saturated rings.